The molecule has 0 bridgehead atoms. The molecular formula is C27H19ClFN3O2S3. The normalized spacial score (nSPS) is 11.2. The van der Waals surface area contributed by atoms with Crippen molar-refractivity contribution in [3.63, 3.8) is 0 Å². The number of rotatable bonds is 6. The molecule has 0 N–H and O–H groups in total. The van der Waals surface area contributed by atoms with Crippen molar-refractivity contribution in [3.05, 3.63) is 109 Å². The Bertz CT molecular complexity index is 1780. The summed E-state index contributed by atoms with van der Waals surface area (Å²) in [4.78, 5) is 31.5. The summed E-state index contributed by atoms with van der Waals surface area (Å²) in [5, 5.41) is 0.839. The van der Waals surface area contributed by atoms with Gasteiger partial charge >= 0.3 is 0 Å². The minimum atomic E-state index is -0.422. The van der Waals surface area contributed by atoms with Gasteiger partial charge < -0.3 is 0 Å². The van der Waals surface area contributed by atoms with Crippen LogP contribution in [0.15, 0.2) is 76.7 Å². The maximum absolute atomic E-state index is 13.8. The third kappa shape index (κ3) is 5.04. The van der Waals surface area contributed by atoms with E-state index in [1.54, 1.807) is 28.8 Å². The van der Waals surface area contributed by atoms with E-state index in [0.29, 0.717) is 35.7 Å². The van der Waals surface area contributed by atoms with E-state index in [1.807, 2.05) is 32.0 Å². The lowest BCUT2D eigenvalue weighted by Crippen LogP contribution is -2.22. The zero-order valence-electron chi connectivity index (χ0n) is 19.7. The Morgan fingerprint density at radius 1 is 1.00 bits per heavy atom. The highest BCUT2D eigenvalue weighted by Gasteiger charge is 2.20. The number of hydrogen-bond acceptors (Lipinski definition) is 6. The minimum absolute atomic E-state index is 0.0370. The molecule has 5 rings (SSSR count). The fraction of sp³-hybridized carbons (Fsp3) is 0.111. The van der Waals surface area contributed by atoms with Crippen molar-refractivity contribution in [1.29, 1.82) is 0 Å². The van der Waals surface area contributed by atoms with Gasteiger partial charge in [0.25, 0.3) is 5.56 Å². The molecule has 0 atom stereocenters. The molecule has 0 aliphatic carbocycles. The number of Topliss-reactive ketones (excluding diaryl/α,β-unsaturated/α-hetero) is 1. The van der Waals surface area contributed by atoms with Crippen LogP contribution < -0.4 is 5.56 Å². The van der Waals surface area contributed by atoms with E-state index in [4.69, 9.17) is 28.8 Å². The van der Waals surface area contributed by atoms with E-state index in [9.17, 15) is 14.0 Å². The largest absolute Gasteiger partial charge is 0.293 e. The molecule has 5 aromatic rings. The number of hydrogen-bond donors (Lipinski definition) is 0. The van der Waals surface area contributed by atoms with Crippen LogP contribution in [-0.2, 0) is 0 Å². The predicted octanol–water partition coefficient (Wildman–Crippen LogP) is 7.35. The summed E-state index contributed by atoms with van der Waals surface area (Å²) in [7, 11) is 0. The van der Waals surface area contributed by atoms with Gasteiger partial charge in [-0.05, 0) is 97.9 Å². The summed E-state index contributed by atoms with van der Waals surface area (Å²) in [6, 6.07) is 18.1. The molecule has 0 radical (unpaired) electrons. The summed E-state index contributed by atoms with van der Waals surface area (Å²) >= 11 is 13.9. The van der Waals surface area contributed by atoms with Gasteiger partial charge in [-0.2, -0.15) is 0 Å². The number of carbonyl (C=O) groups is 1. The maximum atomic E-state index is 13.8. The number of thioether (sulfide) groups is 1. The molecule has 0 spiro atoms. The summed E-state index contributed by atoms with van der Waals surface area (Å²) in [6.07, 6.45) is 0. The van der Waals surface area contributed by atoms with Gasteiger partial charge in [-0.15, -0.1) is 0 Å². The van der Waals surface area contributed by atoms with Gasteiger partial charge in [0.15, 0.2) is 20.5 Å². The molecule has 0 amide bonds. The number of carbonyl (C=O) groups excluding carboxylic acids is 1. The van der Waals surface area contributed by atoms with Crippen LogP contribution in [0.2, 0.25) is 5.02 Å². The highest BCUT2D eigenvalue weighted by molar-refractivity contribution is 7.99. The van der Waals surface area contributed by atoms with Crippen LogP contribution in [0.25, 0.3) is 21.7 Å². The fourth-order valence-electron chi connectivity index (χ4n) is 3.79. The lowest BCUT2D eigenvalue weighted by atomic mass is 10.1. The summed E-state index contributed by atoms with van der Waals surface area (Å²) in [6.45, 7) is 4.03. The van der Waals surface area contributed by atoms with Gasteiger partial charge in [-0.1, -0.05) is 40.8 Å². The van der Waals surface area contributed by atoms with Crippen LogP contribution in [-0.4, -0.2) is 25.7 Å². The first-order chi connectivity index (χ1) is 17.7. The Morgan fingerprint density at radius 2 is 1.68 bits per heavy atom. The number of benzene rings is 3. The van der Waals surface area contributed by atoms with Gasteiger partial charge in [-0.25, -0.2) is 9.37 Å². The lowest BCUT2D eigenvalue weighted by molar-refractivity contribution is 0.102. The van der Waals surface area contributed by atoms with Crippen LogP contribution in [0.4, 0.5) is 4.39 Å². The summed E-state index contributed by atoms with van der Waals surface area (Å²) < 4.78 is 17.7. The monoisotopic (exact) mass is 567 g/mol. The molecule has 2 heterocycles. The zero-order chi connectivity index (χ0) is 26.3. The first-order valence-electron chi connectivity index (χ1n) is 11.2. The predicted molar refractivity (Wildman–Crippen MR) is 151 cm³/mol. The van der Waals surface area contributed by atoms with Gasteiger partial charge in [0.1, 0.15) is 10.5 Å². The standard InChI is InChI=1S/C27H19ClFN3O2S3/c1-15-3-10-21(13-16(15)2)31-24-23(37-27(31)35)25(34)32(20-11-8-19(29)9-12-20)26(30-24)36-14-22(33)17-4-6-18(28)7-5-17/h3-13H,14H2,1-2H3. The maximum Gasteiger partial charge on any atom is 0.278 e. The van der Waals surface area contributed by atoms with Gasteiger partial charge in [0, 0.05) is 16.3 Å². The molecule has 0 fully saturated rings. The Morgan fingerprint density at radius 3 is 2.35 bits per heavy atom. The molecule has 0 saturated heterocycles. The molecule has 3 aromatic carbocycles. The van der Waals surface area contributed by atoms with Crippen LogP contribution in [0.3, 0.4) is 0 Å². The van der Waals surface area contributed by atoms with E-state index in [0.717, 1.165) is 28.6 Å². The number of nitrogens with zero attached hydrogens (tertiary/aromatic N) is 3. The van der Waals surface area contributed by atoms with Crippen molar-refractivity contribution < 1.29 is 9.18 Å². The second kappa shape index (κ2) is 10.3. The van der Waals surface area contributed by atoms with E-state index in [1.165, 1.54) is 40.2 Å². The second-order valence-corrected chi connectivity index (χ2v) is 11.4. The molecule has 186 valence electrons. The number of ketones is 1. The van der Waals surface area contributed by atoms with Crippen molar-refractivity contribution in [2.45, 2.75) is 19.0 Å². The van der Waals surface area contributed by atoms with Crippen molar-refractivity contribution in [1.82, 2.24) is 14.1 Å². The number of aryl methyl sites for hydroxylation is 2. The smallest absolute Gasteiger partial charge is 0.278 e. The average Bonchev–Trinajstić information content (AvgIpc) is 3.21. The first kappa shape index (κ1) is 25.5. The fourth-order valence-corrected chi connectivity index (χ4v) is 6.12. The SMILES string of the molecule is Cc1ccc(-n2c(=S)sc3c(=O)n(-c4ccc(F)cc4)c(SCC(=O)c4ccc(Cl)cc4)nc32)cc1C. The number of halogens is 2. The molecule has 10 heteroatoms. The van der Waals surface area contributed by atoms with Crippen LogP contribution in [0, 0.1) is 23.6 Å². The minimum Gasteiger partial charge on any atom is -0.293 e. The molecule has 0 aliphatic rings. The van der Waals surface area contributed by atoms with Crippen LogP contribution in [0.5, 0.6) is 0 Å². The van der Waals surface area contributed by atoms with Crippen molar-refractivity contribution in [2.24, 2.45) is 0 Å². The quantitative estimate of drug-likeness (QED) is 0.0929. The zero-order valence-corrected chi connectivity index (χ0v) is 22.9. The van der Waals surface area contributed by atoms with Crippen LogP contribution in [0.1, 0.15) is 21.5 Å². The third-order valence-electron chi connectivity index (χ3n) is 5.91. The summed E-state index contributed by atoms with van der Waals surface area (Å²) in [5.41, 5.74) is 4.06. The molecule has 5 nitrogen and oxygen atoms in total. The van der Waals surface area contributed by atoms with Gasteiger partial charge in [0.2, 0.25) is 0 Å². The highest BCUT2D eigenvalue weighted by Crippen LogP contribution is 2.28. The van der Waals surface area contributed by atoms with Gasteiger partial charge in [-0.3, -0.25) is 18.7 Å². The topological polar surface area (TPSA) is 56.9 Å². The van der Waals surface area contributed by atoms with Crippen molar-refractivity contribution in [2.75, 3.05) is 5.75 Å². The highest BCUT2D eigenvalue weighted by atomic mass is 35.5. The van der Waals surface area contributed by atoms with E-state index in [2.05, 4.69) is 0 Å². The number of fused-ring (bicyclic) bond motifs is 1. The molecule has 0 saturated carbocycles. The second-order valence-electron chi connectivity index (χ2n) is 8.35. The molecule has 2 aromatic heterocycles. The Balaban J connectivity index is 1.67. The molecule has 0 unspecified atom stereocenters. The third-order valence-corrected chi connectivity index (χ3v) is 8.45. The number of aromatic nitrogens is 3. The average molecular weight is 568 g/mol. The van der Waals surface area contributed by atoms with E-state index >= 15 is 0 Å². The number of thiazole rings is 1. The Kier molecular flexibility index (Phi) is 7.13. The lowest BCUT2D eigenvalue weighted by Gasteiger charge is -2.13. The van der Waals surface area contributed by atoms with E-state index in [-0.39, 0.29) is 17.1 Å². The van der Waals surface area contributed by atoms with Gasteiger partial charge in [0.05, 0.1) is 11.4 Å². The Labute approximate surface area is 230 Å². The van der Waals surface area contributed by atoms with E-state index < -0.39 is 5.82 Å². The Hall–Kier alpha value is -3.11. The molecule has 37 heavy (non-hydrogen) atoms. The van der Waals surface area contributed by atoms with Crippen LogP contribution >= 0.6 is 46.9 Å². The summed E-state index contributed by atoms with van der Waals surface area (Å²) in [5.74, 6) is -0.526. The van der Waals surface area contributed by atoms with Crippen molar-refractivity contribution >= 4 is 63.0 Å². The first-order valence-corrected chi connectivity index (χ1v) is 13.8. The molecular weight excluding hydrogens is 549 g/mol. The molecule has 0 aliphatic heterocycles. The van der Waals surface area contributed by atoms with Crippen molar-refractivity contribution in [3.8, 4) is 11.4 Å².